The fourth-order valence-electron chi connectivity index (χ4n) is 2.29. The predicted molar refractivity (Wildman–Crippen MR) is 83.1 cm³/mol. The van der Waals surface area contributed by atoms with E-state index in [-0.39, 0.29) is 34.8 Å². The Morgan fingerprint density at radius 1 is 1.45 bits per heavy atom. The molecule has 1 fully saturated rings. The summed E-state index contributed by atoms with van der Waals surface area (Å²) in [6.45, 7) is 3.29. The van der Waals surface area contributed by atoms with Crippen LogP contribution < -0.4 is 10.1 Å². The van der Waals surface area contributed by atoms with Crippen LogP contribution in [0.15, 0.2) is 23.1 Å². The molecule has 124 valence electrons. The van der Waals surface area contributed by atoms with Crippen molar-refractivity contribution >= 4 is 28.1 Å². The van der Waals surface area contributed by atoms with Crippen LogP contribution >= 0.6 is 12.4 Å². The summed E-state index contributed by atoms with van der Waals surface area (Å²) in [5.74, 6) is -0.0186. The Kier molecular flexibility index (Phi) is 6.12. The summed E-state index contributed by atoms with van der Waals surface area (Å²) in [6, 6.07) is 3.33. The van der Waals surface area contributed by atoms with E-state index in [1.54, 1.807) is 0 Å². The van der Waals surface area contributed by atoms with Crippen molar-refractivity contribution in [3.8, 4) is 5.75 Å². The molecule has 1 aliphatic heterocycles. The van der Waals surface area contributed by atoms with Crippen molar-refractivity contribution in [3.63, 3.8) is 0 Å². The van der Waals surface area contributed by atoms with Crippen LogP contribution in [0.3, 0.4) is 0 Å². The number of nitro groups is 1. The average Bonchev–Trinajstić information content (AvgIpc) is 2.46. The molecule has 1 aliphatic rings. The van der Waals surface area contributed by atoms with Crippen LogP contribution in [0.1, 0.15) is 6.92 Å². The van der Waals surface area contributed by atoms with Gasteiger partial charge in [0.1, 0.15) is 10.6 Å². The van der Waals surface area contributed by atoms with Crippen LogP contribution in [0.5, 0.6) is 5.75 Å². The second-order valence-electron chi connectivity index (χ2n) is 4.76. The first-order valence-corrected chi connectivity index (χ1v) is 7.87. The number of non-ortho nitro benzene ring substituents is 1. The highest BCUT2D eigenvalue weighted by Crippen LogP contribution is 2.31. The molecule has 0 spiro atoms. The maximum absolute atomic E-state index is 12.7. The molecule has 1 N–H and O–H groups in total. The van der Waals surface area contributed by atoms with E-state index in [0.29, 0.717) is 19.6 Å². The van der Waals surface area contributed by atoms with Gasteiger partial charge in [0.2, 0.25) is 10.0 Å². The highest BCUT2D eigenvalue weighted by molar-refractivity contribution is 7.89. The van der Waals surface area contributed by atoms with Crippen molar-refractivity contribution in [3.05, 3.63) is 28.3 Å². The molecular weight excluding hydrogens is 334 g/mol. The Hall–Kier alpha value is -1.42. The van der Waals surface area contributed by atoms with Crippen LogP contribution in [0.25, 0.3) is 0 Å². The van der Waals surface area contributed by atoms with Gasteiger partial charge in [-0.15, -0.1) is 12.4 Å². The molecule has 0 bridgehead atoms. The normalized spacial score (nSPS) is 19.3. The number of nitro benzene ring substituents is 1. The first kappa shape index (κ1) is 18.6. The molecule has 1 heterocycles. The van der Waals surface area contributed by atoms with Gasteiger partial charge < -0.3 is 10.1 Å². The number of hydrogen-bond acceptors (Lipinski definition) is 6. The monoisotopic (exact) mass is 351 g/mol. The minimum atomic E-state index is -3.75. The molecule has 8 nitrogen and oxygen atoms in total. The Morgan fingerprint density at radius 3 is 2.68 bits per heavy atom. The number of halogens is 1. The van der Waals surface area contributed by atoms with Gasteiger partial charge in [-0.2, -0.15) is 4.31 Å². The topological polar surface area (TPSA) is 102 Å². The van der Waals surface area contributed by atoms with E-state index in [9.17, 15) is 18.5 Å². The molecular formula is C12H18ClN3O5S. The van der Waals surface area contributed by atoms with Crippen LogP contribution in [-0.4, -0.2) is 50.4 Å². The zero-order valence-electron chi connectivity index (χ0n) is 12.2. The minimum Gasteiger partial charge on any atom is -0.495 e. The summed E-state index contributed by atoms with van der Waals surface area (Å²) < 4.78 is 31.8. The van der Waals surface area contributed by atoms with Crippen LogP contribution in [0.4, 0.5) is 5.69 Å². The fourth-order valence-corrected chi connectivity index (χ4v) is 4.06. The molecule has 0 aromatic heterocycles. The highest BCUT2D eigenvalue weighted by atomic mass is 35.5. The van der Waals surface area contributed by atoms with Crippen LogP contribution in [-0.2, 0) is 10.0 Å². The molecule has 2 rings (SSSR count). The maximum Gasteiger partial charge on any atom is 0.273 e. The molecule has 0 amide bonds. The van der Waals surface area contributed by atoms with Gasteiger partial charge in [0.25, 0.3) is 5.69 Å². The van der Waals surface area contributed by atoms with E-state index in [4.69, 9.17) is 4.74 Å². The van der Waals surface area contributed by atoms with Gasteiger partial charge >= 0.3 is 0 Å². The number of methoxy groups -OCH3 is 1. The molecule has 0 saturated carbocycles. The molecule has 0 unspecified atom stereocenters. The summed E-state index contributed by atoms with van der Waals surface area (Å²) in [7, 11) is -2.46. The predicted octanol–water partition coefficient (Wildman–Crippen LogP) is 1.01. The second kappa shape index (κ2) is 7.23. The third kappa shape index (κ3) is 3.49. The van der Waals surface area contributed by atoms with Crippen molar-refractivity contribution < 1.29 is 18.1 Å². The smallest absolute Gasteiger partial charge is 0.273 e. The van der Waals surface area contributed by atoms with E-state index >= 15 is 0 Å². The number of sulfonamides is 1. The lowest BCUT2D eigenvalue weighted by Gasteiger charge is -2.33. The number of hydrogen-bond donors (Lipinski definition) is 1. The summed E-state index contributed by atoms with van der Waals surface area (Å²) in [6.07, 6.45) is 0. The average molecular weight is 352 g/mol. The van der Waals surface area contributed by atoms with Gasteiger partial charge in [-0.25, -0.2) is 8.42 Å². The molecule has 0 aliphatic carbocycles. The largest absolute Gasteiger partial charge is 0.495 e. The Labute approximate surface area is 135 Å². The van der Waals surface area contributed by atoms with Gasteiger partial charge in [0.05, 0.1) is 18.1 Å². The zero-order chi connectivity index (χ0) is 15.6. The third-order valence-electron chi connectivity index (χ3n) is 3.38. The lowest BCUT2D eigenvalue weighted by Crippen LogP contribution is -2.52. The van der Waals surface area contributed by atoms with Crippen molar-refractivity contribution in [1.82, 2.24) is 9.62 Å². The highest BCUT2D eigenvalue weighted by Gasteiger charge is 2.33. The number of benzene rings is 1. The van der Waals surface area contributed by atoms with Gasteiger partial charge in [-0.1, -0.05) is 0 Å². The van der Waals surface area contributed by atoms with E-state index in [1.165, 1.54) is 23.5 Å². The van der Waals surface area contributed by atoms with Crippen LogP contribution in [0.2, 0.25) is 0 Å². The lowest BCUT2D eigenvalue weighted by molar-refractivity contribution is -0.385. The molecule has 1 aromatic rings. The number of ether oxygens (including phenoxy) is 1. The first-order valence-electron chi connectivity index (χ1n) is 6.43. The van der Waals surface area contributed by atoms with Gasteiger partial charge in [0, 0.05) is 31.7 Å². The number of nitrogens with one attached hydrogen (secondary N) is 1. The standard InChI is InChI=1S/C12H17N3O5S.ClH/c1-9-8-13-5-6-14(9)21(18,19)12-4-3-10(15(16)17)7-11(12)20-2;/h3-4,7,9,13H,5-6,8H2,1-2H3;1H/t9-;/m1./s1. The maximum atomic E-state index is 12.7. The molecule has 1 atom stereocenters. The summed E-state index contributed by atoms with van der Waals surface area (Å²) in [4.78, 5) is 10.1. The SMILES string of the molecule is COc1cc([N+](=O)[O-])ccc1S(=O)(=O)N1CCNC[C@H]1C.Cl. The summed E-state index contributed by atoms with van der Waals surface area (Å²) in [5, 5.41) is 13.9. The van der Waals surface area contributed by atoms with Gasteiger partial charge in [-0.05, 0) is 13.0 Å². The summed E-state index contributed by atoms with van der Waals surface area (Å²) in [5.41, 5.74) is -0.209. The van der Waals surface area contributed by atoms with E-state index < -0.39 is 14.9 Å². The Morgan fingerprint density at radius 2 is 2.14 bits per heavy atom. The van der Waals surface area contributed by atoms with Crippen LogP contribution in [0, 0.1) is 10.1 Å². The quantitative estimate of drug-likeness (QED) is 0.641. The Balaban J connectivity index is 0.00000242. The number of rotatable bonds is 4. The van der Waals surface area contributed by atoms with Crippen molar-refractivity contribution in [2.24, 2.45) is 0 Å². The number of piperazine rings is 1. The van der Waals surface area contributed by atoms with Crippen molar-refractivity contribution in [1.29, 1.82) is 0 Å². The van der Waals surface area contributed by atoms with Crippen molar-refractivity contribution in [2.75, 3.05) is 26.7 Å². The minimum absolute atomic E-state index is 0. The van der Waals surface area contributed by atoms with E-state index in [2.05, 4.69) is 5.32 Å². The lowest BCUT2D eigenvalue weighted by atomic mass is 10.3. The molecule has 0 radical (unpaired) electrons. The van der Waals surface area contributed by atoms with E-state index in [1.807, 2.05) is 6.92 Å². The Bertz CT molecular complexity index is 652. The second-order valence-corrected chi connectivity index (χ2v) is 6.62. The van der Waals surface area contributed by atoms with Gasteiger partial charge in [-0.3, -0.25) is 10.1 Å². The fraction of sp³-hybridized carbons (Fsp3) is 0.500. The molecule has 22 heavy (non-hydrogen) atoms. The molecule has 1 saturated heterocycles. The summed E-state index contributed by atoms with van der Waals surface area (Å²) >= 11 is 0. The zero-order valence-corrected chi connectivity index (χ0v) is 13.8. The van der Waals surface area contributed by atoms with Gasteiger partial charge in [0.15, 0.2) is 0 Å². The third-order valence-corrected chi connectivity index (χ3v) is 5.44. The van der Waals surface area contributed by atoms with Crippen molar-refractivity contribution in [2.45, 2.75) is 17.9 Å². The first-order chi connectivity index (χ1) is 9.87. The molecule has 10 heteroatoms. The van der Waals surface area contributed by atoms with E-state index in [0.717, 1.165) is 6.07 Å². The molecule has 1 aromatic carbocycles. The number of nitrogens with zero attached hydrogens (tertiary/aromatic N) is 2.